The van der Waals surface area contributed by atoms with Crippen molar-refractivity contribution in [3.05, 3.63) is 35.1 Å². The first-order chi connectivity index (χ1) is 5.68. The lowest BCUT2D eigenvalue weighted by Gasteiger charge is -1.91. The highest BCUT2D eigenvalue weighted by Gasteiger charge is 1.90. The molecule has 2 N–H and O–H groups in total. The fraction of sp³-hybridized carbons (Fsp3) is 0. The van der Waals surface area contributed by atoms with Crippen molar-refractivity contribution in [2.75, 3.05) is 0 Å². The summed E-state index contributed by atoms with van der Waals surface area (Å²) in [6.45, 7) is 0. The van der Waals surface area contributed by atoms with Crippen LogP contribution in [0, 0.1) is 0 Å². The van der Waals surface area contributed by atoms with Gasteiger partial charge in [-0.25, -0.2) is 4.98 Å². The number of halogens is 1. The third-order valence-electron chi connectivity index (χ3n) is 1.16. The van der Waals surface area contributed by atoms with E-state index in [4.69, 9.17) is 17.3 Å². The first-order valence-electron chi connectivity index (χ1n) is 3.28. The number of rotatable bonds is 2. The summed E-state index contributed by atoms with van der Waals surface area (Å²) >= 11 is 5.60. The lowest BCUT2D eigenvalue weighted by atomic mass is 10.3. The van der Waals surface area contributed by atoms with Crippen molar-refractivity contribution in [3.63, 3.8) is 0 Å². The van der Waals surface area contributed by atoms with E-state index >= 15 is 0 Å². The largest absolute Gasteiger partial charge is 0.366 e. The second-order valence-electron chi connectivity index (χ2n) is 2.12. The Morgan fingerprint density at radius 1 is 1.58 bits per heavy atom. The monoisotopic (exact) mass is 182 g/mol. The van der Waals surface area contributed by atoms with Gasteiger partial charge < -0.3 is 5.73 Å². The van der Waals surface area contributed by atoms with Crippen LogP contribution in [-0.4, -0.2) is 10.9 Å². The number of nitrogens with two attached hydrogens (primary N) is 1. The summed E-state index contributed by atoms with van der Waals surface area (Å²) in [5.74, 6) is -0.503. The summed E-state index contributed by atoms with van der Waals surface area (Å²) in [7, 11) is 0. The molecule has 1 aromatic heterocycles. The summed E-state index contributed by atoms with van der Waals surface area (Å²) in [6.07, 6.45) is 2.74. The van der Waals surface area contributed by atoms with E-state index < -0.39 is 5.91 Å². The van der Waals surface area contributed by atoms with Crippen molar-refractivity contribution in [3.8, 4) is 0 Å². The second-order valence-corrected chi connectivity index (χ2v) is 2.51. The molecule has 0 aromatic carbocycles. The molecule has 1 rings (SSSR count). The minimum atomic E-state index is -0.503. The van der Waals surface area contributed by atoms with E-state index in [2.05, 4.69) is 4.98 Å². The van der Waals surface area contributed by atoms with E-state index in [1.165, 1.54) is 12.2 Å². The average molecular weight is 183 g/mol. The quantitative estimate of drug-likeness (QED) is 0.553. The van der Waals surface area contributed by atoms with Gasteiger partial charge >= 0.3 is 0 Å². The Morgan fingerprint density at radius 3 is 2.92 bits per heavy atom. The highest BCUT2D eigenvalue weighted by atomic mass is 35.5. The van der Waals surface area contributed by atoms with Crippen LogP contribution in [0.5, 0.6) is 0 Å². The van der Waals surface area contributed by atoms with Gasteiger partial charge in [0, 0.05) is 6.08 Å². The van der Waals surface area contributed by atoms with Gasteiger partial charge in [0.1, 0.15) is 5.15 Å². The molecular formula is C8H7ClN2O. The predicted molar refractivity (Wildman–Crippen MR) is 47.5 cm³/mol. The normalized spacial score (nSPS) is 10.4. The Morgan fingerprint density at radius 2 is 2.33 bits per heavy atom. The maximum absolute atomic E-state index is 10.3. The molecule has 0 unspecified atom stereocenters. The number of carbonyl (C=O) groups is 1. The topological polar surface area (TPSA) is 56.0 Å². The van der Waals surface area contributed by atoms with E-state index in [1.54, 1.807) is 18.2 Å². The Bertz CT molecular complexity index is 323. The number of hydrogen-bond donors (Lipinski definition) is 1. The minimum absolute atomic E-state index is 0.390. The van der Waals surface area contributed by atoms with Gasteiger partial charge in [-0.15, -0.1) is 0 Å². The van der Waals surface area contributed by atoms with Crippen LogP contribution >= 0.6 is 11.6 Å². The van der Waals surface area contributed by atoms with Crippen LogP contribution in [0.15, 0.2) is 24.3 Å². The smallest absolute Gasteiger partial charge is 0.241 e. The molecule has 0 aliphatic rings. The summed E-state index contributed by atoms with van der Waals surface area (Å²) in [5.41, 5.74) is 5.50. The summed E-state index contributed by atoms with van der Waals surface area (Å²) < 4.78 is 0. The number of hydrogen-bond acceptors (Lipinski definition) is 2. The summed E-state index contributed by atoms with van der Waals surface area (Å²) in [5, 5.41) is 0.390. The molecular weight excluding hydrogens is 176 g/mol. The van der Waals surface area contributed by atoms with Crippen molar-refractivity contribution in [2.24, 2.45) is 5.73 Å². The lowest BCUT2D eigenvalue weighted by molar-refractivity contribution is -0.113. The van der Waals surface area contributed by atoms with Gasteiger partial charge in [-0.3, -0.25) is 4.79 Å². The number of carbonyl (C=O) groups excluding carboxylic acids is 1. The highest BCUT2D eigenvalue weighted by Crippen LogP contribution is 2.05. The van der Waals surface area contributed by atoms with Gasteiger partial charge in [-0.05, 0) is 18.2 Å². The summed E-state index contributed by atoms with van der Waals surface area (Å²) in [6, 6.07) is 5.13. The molecule has 12 heavy (non-hydrogen) atoms. The van der Waals surface area contributed by atoms with Crippen LogP contribution < -0.4 is 5.73 Å². The van der Waals surface area contributed by atoms with Crippen molar-refractivity contribution < 1.29 is 4.79 Å². The number of amides is 1. The van der Waals surface area contributed by atoms with Crippen LogP contribution in [-0.2, 0) is 4.79 Å². The van der Waals surface area contributed by atoms with Crippen molar-refractivity contribution in [2.45, 2.75) is 0 Å². The van der Waals surface area contributed by atoms with Crippen LogP contribution in [0.25, 0.3) is 6.08 Å². The van der Waals surface area contributed by atoms with Gasteiger partial charge in [0.05, 0.1) is 5.69 Å². The fourth-order valence-corrected chi connectivity index (χ4v) is 0.855. The molecule has 0 bridgehead atoms. The Hall–Kier alpha value is -1.35. The lowest BCUT2D eigenvalue weighted by Crippen LogP contribution is -2.05. The SMILES string of the molecule is NC(=O)C=Cc1cccc(Cl)n1. The van der Waals surface area contributed by atoms with Gasteiger partial charge in [0.15, 0.2) is 0 Å². The number of nitrogens with zero attached hydrogens (tertiary/aromatic N) is 1. The molecule has 0 aliphatic heterocycles. The molecule has 0 spiro atoms. The average Bonchev–Trinajstić information content (AvgIpc) is 2.01. The second kappa shape index (κ2) is 3.88. The zero-order valence-corrected chi connectivity index (χ0v) is 6.95. The van der Waals surface area contributed by atoms with Crippen LogP contribution in [0.3, 0.4) is 0 Å². The molecule has 0 fully saturated rings. The summed E-state index contributed by atoms with van der Waals surface area (Å²) in [4.78, 5) is 14.2. The molecule has 0 radical (unpaired) electrons. The predicted octanol–water partition coefficient (Wildman–Crippen LogP) is 1.23. The van der Waals surface area contributed by atoms with Crippen molar-refractivity contribution in [1.82, 2.24) is 4.98 Å². The van der Waals surface area contributed by atoms with E-state index in [9.17, 15) is 4.79 Å². The molecule has 62 valence electrons. The molecule has 1 aromatic rings. The van der Waals surface area contributed by atoms with E-state index in [0.717, 1.165) is 0 Å². The number of primary amides is 1. The third kappa shape index (κ3) is 2.72. The molecule has 3 nitrogen and oxygen atoms in total. The van der Waals surface area contributed by atoms with E-state index in [1.807, 2.05) is 0 Å². The maximum Gasteiger partial charge on any atom is 0.241 e. The Labute approximate surface area is 74.9 Å². The van der Waals surface area contributed by atoms with Crippen LogP contribution in [0.1, 0.15) is 5.69 Å². The Kier molecular flexibility index (Phi) is 2.82. The molecule has 1 amide bonds. The molecule has 0 saturated heterocycles. The molecule has 4 heteroatoms. The molecule has 1 heterocycles. The molecule has 0 aliphatic carbocycles. The molecule has 0 saturated carbocycles. The number of pyridine rings is 1. The maximum atomic E-state index is 10.3. The number of aromatic nitrogens is 1. The van der Waals surface area contributed by atoms with Crippen LogP contribution in [0.2, 0.25) is 5.15 Å². The van der Waals surface area contributed by atoms with Gasteiger partial charge in [0.25, 0.3) is 0 Å². The first-order valence-corrected chi connectivity index (χ1v) is 3.66. The van der Waals surface area contributed by atoms with Crippen molar-refractivity contribution >= 4 is 23.6 Å². The standard InChI is InChI=1S/C8H7ClN2O/c9-7-3-1-2-6(11-7)4-5-8(10)12/h1-5H,(H2,10,12). The minimum Gasteiger partial charge on any atom is -0.366 e. The van der Waals surface area contributed by atoms with Crippen molar-refractivity contribution in [1.29, 1.82) is 0 Å². The fourth-order valence-electron chi connectivity index (χ4n) is 0.684. The van der Waals surface area contributed by atoms with Crippen LogP contribution in [0.4, 0.5) is 0 Å². The Balaban J connectivity index is 2.83. The first kappa shape index (κ1) is 8.74. The highest BCUT2D eigenvalue weighted by molar-refractivity contribution is 6.29. The zero-order chi connectivity index (χ0) is 8.97. The van der Waals surface area contributed by atoms with E-state index in [0.29, 0.717) is 10.8 Å². The van der Waals surface area contributed by atoms with Gasteiger partial charge in [-0.1, -0.05) is 17.7 Å². The third-order valence-corrected chi connectivity index (χ3v) is 1.37. The zero-order valence-electron chi connectivity index (χ0n) is 6.20. The van der Waals surface area contributed by atoms with E-state index in [-0.39, 0.29) is 0 Å². The van der Waals surface area contributed by atoms with Gasteiger partial charge in [0.2, 0.25) is 5.91 Å². The van der Waals surface area contributed by atoms with Gasteiger partial charge in [-0.2, -0.15) is 0 Å². The molecule has 0 atom stereocenters.